The summed E-state index contributed by atoms with van der Waals surface area (Å²) in [5, 5.41) is 4.00. The van der Waals surface area contributed by atoms with E-state index in [0.29, 0.717) is 35.6 Å². The minimum atomic E-state index is -3.39. The van der Waals surface area contributed by atoms with Crippen molar-refractivity contribution in [2.24, 2.45) is 0 Å². The van der Waals surface area contributed by atoms with Gasteiger partial charge in [-0.1, -0.05) is 11.6 Å². The van der Waals surface area contributed by atoms with Gasteiger partial charge >= 0.3 is 0 Å². The van der Waals surface area contributed by atoms with Crippen molar-refractivity contribution < 1.29 is 8.42 Å². The molecule has 0 amide bonds. The number of halogens is 1. The third kappa shape index (κ3) is 3.74. The number of thioether (sulfide) groups is 1. The lowest BCUT2D eigenvalue weighted by Gasteiger charge is -2.25. The smallest absolute Gasteiger partial charge is 0.243 e. The fourth-order valence-corrected chi connectivity index (χ4v) is 5.14. The van der Waals surface area contributed by atoms with Crippen molar-refractivity contribution in [1.29, 1.82) is 0 Å². The zero-order valence-electron chi connectivity index (χ0n) is 11.7. The van der Waals surface area contributed by atoms with Gasteiger partial charge in [0.1, 0.15) is 0 Å². The van der Waals surface area contributed by atoms with Gasteiger partial charge in [0.15, 0.2) is 0 Å². The number of benzene rings is 1. The van der Waals surface area contributed by atoms with Crippen molar-refractivity contribution in [2.45, 2.75) is 30.3 Å². The molecule has 1 saturated carbocycles. The molecule has 21 heavy (non-hydrogen) atoms. The Labute approximate surface area is 135 Å². The van der Waals surface area contributed by atoms with Gasteiger partial charge in [-0.15, -0.1) is 0 Å². The molecule has 1 aromatic rings. The van der Waals surface area contributed by atoms with E-state index in [0.717, 1.165) is 17.1 Å². The summed E-state index contributed by atoms with van der Waals surface area (Å²) < 4.78 is 26.9. The number of sulfonamides is 1. The van der Waals surface area contributed by atoms with Crippen LogP contribution in [0, 0.1) is 0 Å². The summed E-state index contributed by atoms with van der Waals surface area (Å²) in [5.41, 5.74) is 0.857. The molecule has 1 heterocycles. The fraction of sp³-hybridized carbons (Fsp3) is 0.571. The predicted octanol–water partition coefficient (Wildman–Crippen LogP) is 2.33. The first-order valence-electron chi connectivity index (χ1n) is 7.17. The van der Waals surface area contributed by atoms with Crippen LogP contribution in [0.15, 0.2) is 23.1 Å². The molecular weight excluding hydrogens is 328 g/mol. The van der Waals surface area contributed by atoms with Crippen LogP contribution in [-0.2, 0) is 16.6 Å². The van der Waals surface area contributed by atoms with Crippen LogP contribution >= 0.6 is 23.4 Å². The van der Waals surface area contributed by atoms with E-state index in [4.69, 9.17) is 11.6 Å². The summed E-state index contributed by atoms with van der Waals surface area (Å²) in [6.07, 6.45) is 2.39. The molecule has 0 radical (unpaired) electrons. The molecule has 1 saturated heterocycles. The second-order valence-corrected chi connectivity index (χ2v) is 8.99. The van der Waals surface area contributed by atoms with Gasteiger partial charge in [0.05, 0.1) is 4.90 Å². The molecule has 1 aliphatic heterocycles. The van der Waals surface area contributed by atoms with Gasteiger partial charge in [-0.05, 0) is 36.6 Å². The molecule has 2 fully saturated rings. The van der Waals surface area contributed by atoms with E-state index < -0.39 is 10.0 Å². The Morgan fingerprint density at radius 1 is 1.29 bits per heavy atom. The highest BCUT2D eigenvalue weighted by molar-refractivity contribution is 7.99. The number of rotatable bonds is 5. The van der Waals surface area contributed by atoms with Crippen LogP contribution in [0.2, 0.25) is 5.02 Å². The van der Waals surface area contributed by atoms with Crippen LogP contribution in [0.4, 0.5) is 0 Å². The Hall–Kier alpha value is -0.270. The number of nitrogens with one attached hydrogen (secondary N) is 1. The lowest BCUT2D eigenvalue weighted by atomic mass is 10.2. The van der Waals surface area contributed by atoms with Crippen molar-refractivity contribution in [3.05, 3.63) is 28.8 Å². The zero-order valence-corrected chi connectivity index (χ0v) is 14.1. The third-order valence-electron chi connectivity index (χ3n) is 3.78. The maximum atomic E-state index is 12.7. The van der Waals surface area contributed by atoms with E-state index in [9.17, 15) is 8.42 Å². The summed E-state index contributed by atoms with van der Waals surface area (Å²) in [4.78, 5) is 0.353. The third-order valence-corrected chi connectivity index (χ3v) is 6.99. The average molecular weight is 347 g/mol. The van der Waals surface area contributed by atoms with Crippen LogP contribution in [0.1, 0.15) is 18.4 Å². The molecule has 0 spiro atoms. The second-order valence-electron chi connectivity index (χ2n) is 5.42. The molecule has 0 unspecified atom stereocenters. The lowest BCUT2D eigenvalue weighted by molar-refractivity contribution is 0.443. The van der Waals surface area contributed by atoms with Gasteiger partial charge in [0.2, 0.25) is 10.0 Å². The SMILES string of the molecule is O=S(=O)(c1ccc(Cl)c(CNC2CC2)c1)N1CCSCC1. The first-order valence-corrected chi connectivity index (χ1v) is 10.1. The van der Waals surface area contributed by atoms with Crippen LogP contribution in [-0.4, -0.2) is 43.4 Å². The summed E-state index contributed by atoms with van der Waals surface area (Å²) in [7, 11) is -3.39. The van der Waals surface area contributed by atoms with Gasteiger partial charge in [-0.2, -0.15) is 16.1 Å². The first kappa shape index (κ1) is 15.6. The Bertz CT molecular complexity index is 611. The van der Waals surface area contributed by atoms with Gasteiger partial charge in [-0.25, -0.2) is 8.42 Å². The molecule has 4 nitrogen and oxygen atoms in total. The second kappa shape index (κ2) is 6.46. The minimum absolute atomic E-state index is 0.353. The average Bonchev–Trinajstić information content (AvgIpc) is 3.31. The van der Waals surface area contributed by atoms with E-state index in [2.05, 4.69) is 5.32 Å². The monoisotopic (exact) mass is 346 g/mol. The Kier molecular flexibility index (Phi) is 4.81. The molecule has 7 heteroatoms. The van der Waals surface area contributed by atoms with Gasteiger partial charge in [0, 0.05) is 42.2 Å². The highest BCUT2D eigenvalue weighted by Crippen LogP contribution is 2.26. The Morgan fingerprint density at radius 3 is 2.67 bits per heavy atom. The van der Waals surface area contributed by atoms with Crippen molar-refractivity contribution in [2.75, 3.05) is 24.6 Å². The highest BCUT2D eigenvalue weighted by Gasteiger charge is 2.27. The molecule has 2 aliphatic rings. The summed E-state index contributed by atoms with van der Waals surface area (Å²) in [6, 6.07) is 5.59. The van der Waals surface area contributed by atoms with Gasteiger partial charge < -0.3 is 5.32 Å². The molecule has 0 bridgehead atoms. The molecule has 3 rings (SSSR count). The van der Waals surface area contributed by atoms with E-state index in [1.165, 1.54) is 12.8 Å². The Morgan fingerprint density at radius 2 is 2.00 bits per heavy atom. The zero-order chi connectivity index (χ0) is 14.9. The van der Waals surface area contributed by atoms with Crippen molar-refractivity contribution >= 4 is 33.4 Å². The van der Waals surface area contributed by atoms with Gasteiger partial charge in [-0.3, -0.25) is 0 Å². The molecule has 1 N–H and O–H groups in total. The van der Waals surface area contributed by atoms with E-state index in [-0.39, 0.29) is 0 Å². The highest BCUT2D eigenvalue weighted by atomic mass is 35.5. The molecule has 116 valence electrons. The standard InChI is InChI=1S/C14H19ClN2O2S2/c15-14-4-3-13(9-11(14)10-16-12-1-2-12)21(18,19)17-5-7-20-8-6-17/h3-4,9,12,16H,1-2,5-8,10H2. The molecule has 0 aromatic heterocycles. The van der Waals surface area contributed by atoms with Crippen LogP contribution in [0.25, 0.3) is 0 Å². The number of hydrogen-bond acceptors (Lipinski definition) is 4. The normalized spacial score (nSPS) is 20.6. The minimum Gasteiger partial charge on any atom is -0.310 e. The molecule has 0 atom stereocenters. The van der Waals surface area contributed by atoms with E-state index in [1.807, 2.05) is 0 Å². The van der Waals surface area contributed by atoms with Crippen molar-refractivity contribution in [3.8, 4) is 0 Å². The largest absolute Gasteiger partial charge is 0.310 e. The maximum Gasteiger partial charge on any atom is 0.243 e. The first-order chi connectivity index (χ1) is 10.1. The molecular formula is C14H19ClN2O2S2. The predicted molar refractivity (Wildman–Crippen MR) is 87.4 cm³/mol. The maximum absolute atomic E-state index is 12.7. The van der Waals surface area contributed by atoms with Crippen LogP contribution in [0.5, 0.6) is 0 Å². The van der Waals surface area contributed by atoms with Crippen LogP contribution in [0.3, 0.4) is 0 Å². The molecule has 1 aliphatic carbocycles. The fourth-order valence-electron chi connectivity index (χ4n) is 2.32. The van der Waals surface area contributed by atoms with Gasteiger partial charge in [0.25, 0.3) is 0 Å². The summed E-state index contributed by atoms with van der Waals surface area (Å²) >= 11 is 7.98. The number of hydrogen-bond donors (Lipinski definition) is 1. The van der Waals surface area contributed by atoms with Crippen molar-refractivity contribution in [1.82, 2.24) is 9.62 Å². The molecule has 1 aromatic carbocycles. The lowest BCUT2D eigenvalue weighted by Crippen LogP contribution is -2.37. The topological polar surface area (TPSA) is 49.4 Å². The van der Waals surface area contributed by atoms with E-state index >= 15 is 0 Å². The van der Waals surface area contributed by atoms with Crippen LogP contribution < -0.4 is 5.32 Å². The quantitative estimate of drug-likeness (QED) is 0.889. The summed E-state index contributed by atoms with van der Waals surface area (Å²) in [6.45, 7) is 1.80. The van der Waals surface area contributed by atoms with E-state index in [1.54, 1.807) is 34.3 Å². The summed E-state index contributed by atoms with van der Waals surface area (Å²) in [5.74, 6) is 1.73. The van der Waals surface area contributed by atoms with Crippen molar-refractivity contribution in [3.63, 3.8) is 0 Å². The Balaban J connectivity index is 1.81. The number of nitrogens with zero attached hydrogens (tertiary/aromatic N) is 1.